The molecule has 152 valence electrons. The van der Waals surface area contributed by atoms with Crippen molar-refractivity contribution in [3.63, 3.8) is 0 Å². The van der Waals surface area contributed by atoms with Crippen molar-refractivity contribution in [2.45, 2.75) is 38.6 Å². The maximum atomic E-state index is 5.81. The molecular weight excluding hydrogens is 362 g/mol. The Kier molecular flexibility index (Phi) is 5.12. The van der Waals surface area contributed by atoms with E-state index in [1.807, 2.05) is 12.4 Å². The Balaban J connectivity index is 1.61. The summed E-state index contributed by atoms with van der Waals surface area (Å²) in [5.74, 6) is 0.560. The van der Waals surface area contributed by atoms with E-state index < -0.39 is 0 Å². The van der Waals surface area contributed by atoms with Gasteiger partial charge >= 0.3 is 0 Å². The lowest BCUT2D eigenvalue weighted by atomic mass is 9.84. The van der Waals surface area contributed by atoms with Crippen LogP contribution in [-0.4, -0.2) is 42.9 Å². The number of aromatic amines is 1. The summed E-state index contributed by atoms with van der Waals surface area (Å²) in [5, 5.41) is 4.90. The number of H-pyrrole nitrogens is 1. The average Bonchev–Trinajstić information content (AvgIpc) is 3.16. The summed E-state index contributed by atoms with van der Waals surface area (Å²) in [4.78, 5) is 7.95. The lowest BCUT2D eigenvalue weighted by Gasteiger charge is -2.31. The number of fused-ring (bicyclic) bond motifs is 1. The molecule has 29 heavy (non-hydrogen) atoms. The van der Waals surface area contributed by atoms with Gasteiger partial charge in [-0.1, -0.05) is 12.1 Å². The Hall–Kier alpha value is -2.21. The largest absolute Gasteiger partial charge is 0.381 e. The van der Waals surface area contributed by atoms with Gasteiger partial charge in [-0.2, -0.15) is 0 Å². The van der Waals surface area contributed by atoms with Gasteiger partial charge in [-0.05, 0) is 66.5 Å². The molecule has 4 heterocycles. The van der Waals surface area contributed by atoms with Crippen molar-refractivity contribution in [1.29, 1.82) is 0 Å². The van der Waals surface area contributed by atoms with Crippen LogP contribution in [0.4, 0.5) is 0 Å². The maximum absolute atomic E-state index is 5.81. The molecule has 0 amide bonds. The van der Waals surface area contributed by atoms with Crippen molar-refractivity contribution >= 4 is 11.0 Å². The SMILES string of the molecule is Cc1c[nH]c2ncc(-c3ccc(C4CCOCC4)c(C4COCCN4)c3)c(C)c12. The molecule has 2 N–H and O–H groups in total. The molecule has 2 saturated heterocycles. The zero-order valence-electron chi connectivity index (χ0n) is 17.3. The molecule has 2 aliphatic heterocycles. The predicted octanol–water partition coefficient (Wildman–Crippen LogP) is 4.40. The van der Waals surface area contributed by atoms with E-state index in [0.29, 0.717) is 5.92 Å². The van der Waals surface area contributed by atoms with E-state index in [-0.39, 0.29) is 6.04 Å². The molecule has 2 aromatic heterocycles. The van der Waals surface area contributed by atoms with Gasteiger partial charge in [-0.3, -0.25) is 0 Å². The third-order valence-corrected chi connectivity index (χ3v) is 6.51. The van der Waals surface area contributed by atoms with Crippen LogP contribution in [0.1, 0.15) is 47.1 Å². The number of hydrogen-bond donors (Lipinski definition) is 2. The van der Waals surface area contributed by atoms with Crippen LogP contribution in [0, 0.1) is 13.8 Å². The fourth-order valence-corrected chi connectivity index (χ4v) is 4.92. The molecular formula is C24H29N3O2. The smallest absolute Gasteiger partial charge is 0.137 e. The van der Waals surface area contributed by atoms with Gasteiger partial charge in [0.2, 0.25) is 0 Å². The molecule has 0 spiro atoms. The number of pyridine rings is 1. The highest BCUT2D eigenvalue weighted by Crippen LogP contribution is 2.37. The number of ether oxygens (including phenoxy) is 2. The number of hydrogen-bond acceptors (Lipinski definition) is 4. The molecule has 2 fully saturated rings. The van der Waals surface area contributed by atoms with Gasteiger partial charge in [-0.15, -0.1) is 0 Å². The van der Waals surface area contributed by atoms with Crippen LogP contribution >= 0.6 is 0 Å². The molecule has 0 bridgehead atoms. The summed E-state index contributed by atoms with van der Waals surface area (Å²) in [6, 6.07) is 7.22. The van der Waals surface area contributed by atoms with E-state index in [2.05, 4.69) is 47.3 Å². The molecule has 3 aromatic rings. The van der Waals surface area contributed by atoms with Crippen molar-refractivity contribution in [2.75, 3.05) is 33.0 Å². The fraction of sp³-hybridized carbons (Fsp3) is 0.458. The van der Waals surface area contributed by atoms with E-state index in [1.165, 1.54) is 38.8 Å². The first kappa shape index (κ1) is 18.8. The normalized spacial score (nSPS) is 21.0. The van der Waals surface area contributed by atoms with Gasteiger partial charge in [0.15, 0.2) is 0 Å². The number of benzene rings is 1. The highest BCUT2D eigenvalue weighted by atomic mass is 16.5. The molecule has 0 saturated carbocycles. The van der Waals surface area contributed by atoms with Gasteiger partial charge in [0, 0.05) is 43.1 Å². The molecule has 2 aliphatic rings. The second-order valence-corrected chi connectivity index (χ2v) is 8.30. The summed E-state index contributed by atoms with van der Waals surface area (Å²) in [6.07, 6.45) is 6.23. The summed E-state index contributed by atoms with van der Waals surface area (Å²) < 4.78 is 11.4. The number of aryl methyl sites for hydroxylation is 2. The summed E-state index contributed by atoms with van der Waals surface area (Å²) in [7, 11) is 0. The van der Waals surface area contributed by atoms with Gasteiger partial charge in [0.1, 0.15) is 5.65 Å². The second-order valence-electron chi connectivity index (χ2n) is 8.30. The first-order valence-corrected chi connectivity index (χ1v) is 10.7. The Morgan fingerprint density at radius 2 is 1.90 bits per heavy atom. The van der Waals surface area contributed by atoms with Gasteiger partial charge < -0.3 is 19.8 Å². The fourth-order valence-electron chi connectivity index (χ4n) is 4.92. The molecule has 5 rings (SSSR count). The Labute approximate surface area is 171 Å². The first-order chi connectivity index (χ1) is 14.2. The van der Waals surface area contributed by atoms with Crippen LogP contribution in [0.3, 0.4) is 0 Å². The van der Waals surface area contributed by atoms with Crippen molar-refractivity contribution in [2.24, 2.45) is 0 Å². The van der Waals surface area contributed by atoms with Crippen molar-refractivity contribution in [1.82, 2.24) is 15.3 Å². The summed E-state index contributed by atoms with van der Waals surface area (Å²) in [5.41, 5.74) is 8.75. The number of aromatic nitrogens is 2. The van der Waals surface area contributed by atoms with E-state index in [1.54, 1.807) is 0 Å². The number of morpholine rings is 1. The Bertz CT molecular complexity index is 1010. The van der Waals surface area contributed by atoms with Crippen LogP contribution in [0.15, 0.2) is 30.6 Å². The van der Waals surface area contributed by atoms with E-state index >= 15 is 0 Å². The summed E-state index contributed by atoms with van der Waals surface area (Å²) >= 11 is 0. The molecule has 1 unspecified atom stereocenters. The molecule has 1 atom stereocenters. The standard InChI is InChI=1S/C24H29N3O2/c1-15-12-26-24-23(15)16(2)21(13-27-24)18-3-4-19(17-5-8-28-9-6-17)20(11-18)22-14-29-10-7-25-22/h3-4,11-13,17,22,25H,5-10,14H2,1-2H3,(H,26,27). The van der Waals surface area contributed by atoms with Crippen molar-refractivity contribution in [3.8, 4) is 11.1 Å². The van der Waals surface area contributed by atoms with Crippen LogP contribution in [-0.2, 0) is 9.47 Å². The number of rotatable bonds is 3. The highest BCUT2D eigenvalue weighted by Gasteiger charge is 2.25. The Morgan fingerprint density at radius 3 is 2.69 bits per heavy atom. The second kappa shape index (κ2) is 7.90. The van der Waals surface area contributed by atoms with E-state index in [0.717, 1.165) is 51.5 Å². The zero-order chi connectivity index (χ0) is 19.8. The third-order valence-electron chi connectivity index (χ3n) is 6.51. The topological polar surface area (TPSA) is 59.2 Å². The van der Waals surface area contributed by atoms with Crippen molar-refractivity contribution in [3.05, 3.63) is 52.8 Å². The third kappa shape index (κ3) is 3.48. The minimum atomic E-state index is 0.243. The lowest BCUT2D eigenvalue weighted by Crippen LogP contribution is -2.35. The Morgan fingerprint density at radius 1 is 1.03 bits per heavy atom. The van der Waals surface area contributed by atoms with Gasteiger partial charge in [-0.25, -0.2) is 4.98 Å². The van der Waals surface area contributed by atoms with Gasteiger partial charge in [0.05, 0.1) is 19.3 Å². The maximum Gasteiger partial charge on any atom is 0.137 e. The van der Waals surface area contributed by atoms with Crippen LogP contribution in [0.25, 0.3) is 22.2 Å². The monoisotopic (exact) mass is 391 g/mol. The van der Waals surface area contributed by atoms with Crippen molar-refractivity contribution < 1.29 is 9.47 Å². The van der Waals surface area contributed by atoms with Crippen LogP contribution in [0.2, 0.25) is 0 Å². The molecule has 5 heteroatoms. The van der Waals surface area contributed by atoms with E-state index in [4.69, 9.17) is 9.47 Å². The minimum Gasteiger partial charge on any atom is -0.381 e. The molecule has 5 nitrogen and oxygen atoms in total. The molecule has 0 radical (unpaired) electrons. The lowest BCUT2D eigenvalue weighted by molar-refractivity contribution is 0.0740. The van der Waals surface area contributed by atoms with Gasteiger partial charge in [0.25, 0.3) is 0 Å². The quantitative estimate of drug-likeness (QED) is 0.695. The molecule has 1 aromatic carbocycles. The first-order valence-electron chi connectivity index (χ1n) is 10.7. The zero-order valence-corrected chi connectivity index (χ0v) is 17.3. The predicted molar refractivity (Wildman–Crippen MR) is 115 cm³/mol. The van der Waals surface area contributed by atoms with E-state index in [9.17, 15) is 0 Å². The molecule has 0 aliphatic carbocycles. The summed E-state index contributed by atoms with van der Waals surface area (Å²) in [6.45, 7) is 8.47. The minimum absolute atomic E-state index is 0.243. The number of nitrogens with one attached hydrogen (secondary N) is 2. The van der Waals surface area contributed by atoms with Crippen LogP contribution in [0.5, 0.6) is 0 Å². The average molecular weight is 392 g/mol. The van der Waals surface area contributed by atoms with Crippen LogP contribution < -0.4 is 5.32 Å². The highest BCUT2D eigenvalue weighted by molar-refractivity contribution is 5.89. The number of nitrogens with zero attached hydrogens (tertiary/aromatic N) is 1.